The summed E-state index contributed by atoms with van der Waals surface area (Å²) in [6.07, 6.45) is 2.94. The van der Waals surface area contributed by atoms with Crippen LogP contribution in [-0.4, -0.2) is 24.4 Å². The molecule has 2 heterocycles. The second kappa shape index (κ2) is 4.04. The van der Waals surface area contributed by atoms with Crippen LogP contribution in [-0.2, 0) is 9.53 Å². The number of hydrogen-bond donors (Lipinski definition) is 0. The molecule has 0 aromatic heterocycles. The number of hydrogen-bond acceptors (Lipinski definition) is 6. The SMILES string of the molecule is CC1(CCOC(=O)CCCC2N=N2)N=N1. The molecule has 0 bridgehead atoms. The number of carbonyl (C=O) groups is 1. The molecule has 2 aliphatic rings. The fourth-order valence-corrected chi connectivity index (χ4v) is 1.21. The van der Waals surface area contributed by atoms with E-state index < -0.39 is 0 Å². The Kier molecular flexibility index (Phi) is 2.75. The molecule has 0 aromatic rings. The zero-order chi connectivity index (χ0) is 10.7. The Morgan fingerprint density at radius 1 is 1.40 bits per heavy atom. The van der Waals surface area contributed by atoms with E-state index in [9.17, 15) is 4.79 Å². The van der Waals surface area contributed by atoms with Crippen molar-refractivity contribution in [1.82, 2.24) is 0 Å². The van der Waals surface area contributed by atoms with Crippen LogP contribution in [0.5, 0.6) is 0 Å². The van der Waals surface area contributed by atoms with E-state index in [1.54, 1.807) is 0 Å². The van der Waals surface area contributed by atoms with E-state index >= 15 is 0 Å². The third kappa shape index (κ3) is 3.73. The molecule has 2 aliphatic heterocycles. The third-order valence-electron chi connectivity index (χ3n) is 2.40. The van der Waals surface area contributed by atoms with E-state index in [2.05, 4.69) is 20.5 Å². The number of esters is 1. The van der Waals surface area contributed by atoms with Crippen LogP contribution >= 0.6 is 0 Å². The summed E-state index contributed by atoms with van der Waals surface area (Å²) >= 11 is 0. The summed E-state index contributed by atoms with van der Waals surface area (Å²) < 4.78 is 5.04. The molecule has 0 spiro atoms. The van der Waals surface area contributed by atoms with Crippen LogP contribution in [0.3, 0.4) is 0 Å². The highest BCUT2D eigenvalue weighted by molar-refractivity contribution is 5.69. The summed E-state index contributed by atoms with van der Waals surface area (Å²) in [5.41, 5.74) is -0.272. The minimum Gasteiger partial charge on any atom is -0.465 e. The van der Waals surface area contributed by atoms with Crippen LogP contribution in [0.2, 0.25) is 0 Å². The number of nitrogens with zero attached hydrogens (tertiary/aromatic N) is 4. The van der Waals surface area contributed by atoms with Gasteiger partial charge in [0.25, 0.3) is 0 Å². The lowest BCUT2D eigenvalue weighted by Gasteiger charge is -2.05. The van der Waals surface area contributed by atoms with E-state index in [1.165, 1.54) is 0 Å². The highest BCUT2D eigenvalue weighted by Crippen LogP contribution is 2.30. The monoisotopic (exact) mass is 210 g/mol. The predicted octanol–water partition coefficient (Wildman–Crippen LogP) is 2.06. The van der Waals surface area contributed by atoms with E-state index in [0.29, 0.717) is 19.4 Å². The number of carbonyl (C=O) groups excluding carboxylic acids is 1. The van der Waals surface area contributed by atoms with Crippen molar-refractivity contribution in [2.45, 2.75) is 44.4 Å². The molecule has 0 unspecified atom stereocenters. The van der Waals surface area contributed by atoms with Crippen molar-refractivity contribution in [3.05, 3.63) is 0 Å². The first kappa shape index (κ1) is 10.2. The normalized spacial score (nSPS) is 20.3. The Morgan fingerprint density at radius 3 is 2.73 bits per heavy atom. The summed E-state index contributed by atoms with van der Waals surface area (Å²) in [5, 5.41) is 15.2. The highest BCUT2D eigenvalue weighted by atomic mass is 16.5. The van der Waals surface area contributed by atoms with Crippen molar-refractivity contribution in [2.75, 3.05) is 6.61 Å². The van der Waals surface area contributed by atoms with Crippen molar-refractivity contribution in [2.24, 2.45) is 20.5 Å². The molecule has 0 N–H and O–H groups in total. The van der Waals surface area contributed by atoms with Crippen LogP contribution in [0.1, 0.15) is 32.6 Å². The van der Waals surface area contributed by atoms with E-state index in [4.69, 9.17) is 4.74 Å². The van der Waals surface area contributed by atoms with Crippen molar-refractivity contribution in [3.8, 4) is 0 Å². The van der Waals surface area contributed by atoms with Gasteiger partial charge in [-0.1, -0.05) is 0 Å². The molecule has 82 valence electrons. The Morgan fingerprint density at radius 2 is 2.13 bits per heavy atom. The van der Waals surface area contributed by atoms with Crippen molar-refractivity contribution >= 4 is 5.97 Å². The van der Waals surface area contributed by atoms with Crippen LogP contribution in [0.25, 0.3) is 0 Å². The van der Waals surface area contributed by atoms with Gasteiger partial charge in [-0.05, 0) is 19.8 Å². The Labute approximate surface area is 87.8 Å². The fourth-order valence-electron chi connectivity index (χ4n) is 1.21. The summed E-state index contributed by atoms with van der Waals surface area (Å²) in [6.45, 7) is 2.32. The number of rotatable bonds is 7. The van der Waals surface area contributed by atoms with Gasteiger partial charge in [0.15, 0.2) is 11.8 Å². The summed E-state index contributed by atoms with van der Waals surface area (Å²) in [4.78, 5) is 11.2. The molecule has 15 heavy (non-hydrogen) atoms. The maximum Gasteiger partial charge on any atom is 0.305 e. The molecule has 6 heteroatoms. The fraction of sp³-hybridized carbons (Fsp3) is 0.889. The number of ether oxygens (including phenoxy) is 1. The largest absolute Gasteiger partial charge is 0.465 e. The first-order chi connectivity index (χ1) is 7.18. The zero-order valence-corrected chi connectivity index (χ0v) is 8.72. The Bertz CT molecular complexity index is 301. The summed E-state index contributed by atoms with van der Waals surface area (Å²) in [5.74, 6) is -0.153. The van der Waals surface area contributed by atoms with Crippen LogP contribution in [0, 0.1) is 0 Å². The van der Waals surface area contributed by atoms with Gasteiger partial charge in [-0.3, -0.25) is 4.79 Å². The van der Waals surface area contributed by atoms with Crippen molar-refractivity contribution in [1.29, 1.82) is 0 Å². The van der Waals surface area contributed by atoms with Gasteiger partial charge in [-0.25, -0.2) is 0 Å². The summed E-state index contributed by atoms with van der Waals surface area (Å²) in [7, 11) is 0. The van der Waals surface area contributed by atoms with Crippen molar-refractivity contribution in [3.63, 3.8) is 0 Å². The van der Waals surface area contributed by atoms with E-state index in [-0.39, 0.29) is 17.8 Å². The van der Waals surface area contributed by atoms with Gasteiger partial charge in [0.2, 0.25) is 0 Å². The standard InChI is InChI=1S/C9H14N4O2/c1-9(12-13-9)5-6-15-8(14)4-2-3-7-10-11-7/h7H,2-6H2,1H3. The summed E-state index contributed by atoms with van der Waals surface area (Å²) in [6, 6.07) is 0. The minimum absolute atomic E-state index is 0.153. The lowest BCUT2D eigenvalue weighted by Crippen LogP contribution is -2.12. The van der Waals surface area contributed by atoms with Gasteiger partial charge in [-0.15, -0.1) is 0 Å². The van der Waals surface area contributed by atoms with Gasteiger partial charge in [0.1, 0.15) is 0 Å². The maximum absolute atomic E-state index is 11.2. The molecule has 0 atom stereocenters. The molecule has 0 radical (unpaired) electrons. The van der Waals surface area contributed by atoms with E-state index in [0.717, 1.165) is 12.8 Å². The van der Waals surface area contributed by atoms with Crippen molar-refractivity contribution < 1.29 is 9.53 Å². The smallest absolute Gasteiger partial charge is 0.305 e. The molecule has 6 nitrogen and oxygen atoms in total. The van der Waals surface area contributed by atoms with Gasteiger partial charge in [-0.2, -0.15) is 20.5 Å². The molecule has 0 fully saturated rings. The first-order valence-corrected chi connectivity index (χ1v) is 5.18. The molecule has 0 aliphatic carbocycles. The maximum atomic E-state index is 11.2. The van der Waals surface area contributed by atoms with Gasteiger partial charge in [0.05, 0.1) is 6.61 Å². The molecule has 2 rings (SSSR count). The lowest BCUT2D eigenvalue weighted by atomic mass is 10.2. The zero-order valence-electron chi connectivity index (χ0n) is 8.72. The third-order valence-corrected chi connectivity index (χ3v) is 2.40. The van der Waals surface area contributed by atoms with E-state index in [1.807, 2.05) is 6.92 Å². The van der Waals surface area contributed by atoms with Crippen LogP contribution < -0.4 is 0 Å². The lowest BCUT2D eigenvalue weighted by molar-refractivity contribution is -0.144. The van der Waals surface area contributed by atoms with Gasteiger partial charge in [0, 0.05) is 12.8 Å². The molecular weight excluding hydrogens is 196 g/mol. The Hall–Kier alpha value is -1.33. The average Bonchev–Trinajstić information content (AvgIpc) is 3.05. The van der Waals surface area contributed by atoms with Crippen LogP contribution in [0.4, 0.5) is 0 Å². The first-order valence-electron chi connectivity index (χ1n) is 5.18. The molecular formula is C9H14N4O2. The highest BCUT2D eigenvalue weighted by Gasteiger charge is 2.33. The second-order valence-electron chi connectivity index (χ2n) is 3.99. The predicted molar refractivity (Wildman–Crippen MR) is 51.3 cm³/mol. The average molecular weight is 210 g/mol. The minimum atomic E-state index is -0.272. The van der Waals surface area contributed by atoms with Gasteiger partial charge >= 0.3 is 5.97 Å². The molecule has 0 saturated carbocycles. The molecule has 0 amide bonds. The Balaban J connectivity index is 1.44. The van der Waals surface area contributed by atoms with Crippen LogP contribution in [0.15, 0.2) is 20.5 Å². The molecule has 0 aromatic carbocycles. The van der Waals surface area contributed by atoms with Gasteiger partial charge < -0.3 is 4.74 Å². The second-order valence-corrected chi connectivity index (χ2v) is 3.99. The molecule has 0 saturated heterocycles. The topological polar surface area (TPSA) is 75.7 Å². The quantitative estimate of drug-likeness (QED) is 0.603.